The molecule has 26 heavy (non-hydrogen) atoms. The van der Waals surface area contributed by atoms with Crippen LogP contribution in [0, 0.1) is 9.39 Å². The SMILES string of the molecule is O=C(CNC(=O)c1ccccc1I)OCc1ccc(F)c2cccnc12. The number of benzene rings is 2. The molecule has 1 amide bonds. The lowest BCUT2D eigenvalue weighted by Gasteiger charge is -2.09. The van der Waals surface area contributed by atoms with Gasteiger partial charge in [-0.3, -0.25) is 14.6 Å². The summed E-state index contributed by atoms with van der Waals surface area (Å²) in [6, 6.07) is 13.2. The van der Waals surface area contributed by atoms with Gasteiger partial charge in [0.05, 0.1) is 11.1 Å². The molecule has 1 heterocycles. The summed E-state index contributed by atoms with van der Waals surface area (Å²) >= 11 is 2.05. The molecule has 0 unspecified atom stereocenters. The molecule has 1 aromatic heterocycles. The number of carbonyl (C=O) groups is 2. The normalized spacial score (nSPS) is 10.5. The molecule has 0 aliphatic carbocycles. The van der Waals surface area contributed by atoms with Crippen molar-refractivity contribution in [2.24, 2.45) is 0 Å². The third-order valence-electron chi connectivity index (χ3n) is 3.70. The molecule has 0 atom stereocenters. The number of hydrogen-bond acceptors (Lipinski definition) is 4. The first-order valence-corrected chi connectivity index (χ1v) is 8.84. The largest absolute Gasteiger partial charge is 0.459 e. The Kier molecular flexibility index (Phi) is 5.77. The number of nitrogens with zero attached hydrogens (tertiary/aromatic N) is 1. The Bertz CT molecular complexity index is 978. The first-order valence-electron chi connectivity index (χ1n) is 7.76. The molecule has 132 valence electrons. The van der Waals surface area contributed by atoms with E-state index in [2.05, 4.69) is 32.9 Å². The molecule has 0 radical (unpaired) electrons. The van der Waals surface area contributed by atoms with Crippen molar-refractivity contribution in [2.75, 3.05) is 6.54 Å². The van der Waals surface area contributed by atoms with Crippen molar-refractivity contribution < 1.29 is 18.7 Å². The van der Waals surface area contributed by atoms with Gasteiger partial charge in [0.15, 0.2) is 0 Å². The lowest BCUT2D eigenvalue weighted by atomic mass is 10.1. The van der Waals surface area contributed by atoms with Crippen LogP contribution in [-0.4, -0.2) is 23.4 Å². The van der Waals surface area contributed by atoms with Crippen LogP contribution in [0.5, 0.6) is 0 Å². The van der Waals surface area contributed by atoms with Gasteiger partial charge in [-0.15, -0.1) is 0 Å². The molecular formula is C19H14FIN2O3. The van der Waals surface area contributed by atoms with Crippen LogP contribution in [0.15, 0.2) is 54.7 Å². The van der Waals surface area contributed by atoms with Crippen LogP contribution < -0.4 is 5.32 Å². The van der Waals surface area contributed by atoms with Crippen LogP contribution >= 0.6 is 22.6 Å². The van der Waals surface area contributed by atoms with Crippen LogP contribution in [0.3, 0.4) is 0 Å². The number of amides is 1. The summed E-state index contributed by atoms with van der Waals surface area (Å²) in [5.41, 5.74) is 1.54. The maximum absolute atomic E-state index is 13.8. The van der Waals surface area contributed by atoms with Crippen LogP contribution in [0.4, 0.5) is 4.39 Å². The predicted octanol–water partition coefficient (Wildman–Crippen LogP) is 3.45. The molecule has 0 aliphatic rings. The van der Waals surface area contributed by atoms with Gasteiger partial charge in [-0.05, 0) is 52.9 Å². The van der Waals surface area contributed by atoms with E-state index in [1.54, 1.807) is 36.5 Å². The molecule has 3 rings (SSSR count). The number of halogens is 2. The molecule has 0 bridgehead atoms. The molecular weight excluding hydrogens is 450 g/mol. The topological polar surface area (TPSA) is 68.3 Å². The quantitative estimate of drug-likeness (QED) is 0.464. The molecule has 0 spiro atoms. The summed E-state index contributed by atoms with van der Waals surface area (Å²) in [4.78, 5) is 28.1. The van der Waals surface area contributed by atoms with Gasteiger partial charge in [0, 0.05) is 20.7 Å². The highest BCUT2D eigenvalue weighted by Crippen LogP contribution is 2.20. The molecule has 7 heteroatoms. The lowest BCUT2D eigenvalue weighted by Crippen LogP contribution is -2.31. The highest BCUT2D eigenvalue weighted by Gasteiger charge is 2.13. The Morgan fingerprint density at radius 3 is 2.73 bits per heavy atom. The first kappa shape index (κ1) is 18.2. The molecule has 0 aliphatic heterocycles. The maximum Gasteiger partial charge on any atom is 0.325 e. The number of pyridine rings is 1. The number of nitrogens with one attached hydrogen (secondary N) is 1. The number of esters is 1. The van der Waals surface area contributed by atoms with Crippen LogP contribution in [0.2, 0.25) is 0 Å². The summed E-state index contributed by atoms with van der Waals surface area (Å²) in [7, 11) is 0. The van der Waals surface area contributed by atoms with Gasteiger partial charge in [-0.1, -0.05) is 18.2 Å². The lowest BCUT2D eigenvalue weighted by molar-refractivity contribution is -0.143. The predicted molar refractivity (Wildman–Crippen MR) is 103 cm³/mol. The van der Waals surface area contributed by atoms with Gasteiger partial charge in [0.1, 0.15) is 19.0 Å². The number of carbonyl (C=O) groups excluding carboxylic acids is 2. The minimum Gasteiger partial charge on any atom is -0.459 e. The zero-order chi connectivity index (χ0) is 18.5. The van der Waals surface area contributed by atoms with Gasteiger partial charge in [0.2, 0.25) is 0 Å². The van der Waals surface area contributed by atoms with E-state index in [0.29, 0.717) is 22.0 Å². The van der Waals surface area contributed by atoms with E-state index >= 15 is 0 Å². The van der Waals surface area contributed by atoms with Gasteiger partial charge < -0.3 is 10.1 Å². The van der Waals surface area contributed by atoms with Crippen molar-refractivity contribution in [3.63, 3.8) is 0 Å². The van der Waals surface area contributed by atoms with E-state index in [1.807, 2.05) is 6.07 Å². The third-order valence-corrected chi connectivity index (χ3v) is 4.64. The maximum atomic E-state index is 13.8. The van der Waals surface area contributed by atoms with Crippen molar-refractivity contribution in [1.29, 1.82) is 0 Å². The zero-order valence-electron chi connectivity index (χ0n) is 13.5. The van der Waals surface area contributed by atoms with E-state index in [0.717, 1.165) is 3.57 Å². The van der Waals surface area contributed by atoms with Crippen molar-refractivity contribution in [3.8, 4) is 0 Å². The van der Waals surface area contributed by atoms with Crippen LogP contribution in [-0.2, 0) is 16.1 Å². The van der Waals surface area contributed by atoms with Crippen LogP contribution in [0.25, 0.3) is 10.9 Å². The van der Waals surface area contributed by atoms with Gasteiger partial charge in [-0.2, -0.15) is 0 Å². The molecule has 0 fully saturated rings. The van der Waals surface area contributed by atoms with E-state index in [9.17, 15) is 14.0 Å². The summed E-state index contributed by atoms with van der Waals surface area (Å²) in [6.07, 6.45) is 1.55. The number of hydrogen-bond donors (Lipinski definition) is 1. The second-order valence-electron chi connectivity index (χ2n) is 5.43. The van der Waals surface area contributed by atoms with E-state index in [4.69, 9.17) is 4.74 Å². The monoisotopic (exact) mass is 464 g/mol. The summed E-state index contributed by atoms with van der Waals surface area (Å²) in [5, 5.41) is 2.90. The van der Waals surface area contributed by atoms with Crippen molar-refractivity contribution in [3.05, 3.63) is 75.2 Å². The number of ether oxygens (including phenoxy) is 1. The van der Waals surface area contributed by atoms with E-state index in [-0.39, 0.29) is 24.9 Å². The second kappa shape index (κ2) is 8.22. The summed E-state index contributed by atoms with van der Waals surface area (Å²) in [6.45, 7) is -0.304. The summed E-state index contributed by atoms with van der Waals surface area (Å²) < 4.78 is 19.7. The third kappa shape index (κ3) is 4.16. The summed E-state index contributed by atoms with van der Waals surface area (Å²) in [5.74, 6) is -1.31. The van der Waals surface area contributed by atoms with E-state index < -0.39 is 5.97 Å². The van der Waals surface area contributed by atoms with Crippen molar-refractivity contribution in [2.45, 2.75) is 6.61 Å². The Morgan fingerprint density at radius 1 is 1.12 bits per heavy atom. The Hall–Kier alpha value is -2.55. The Labute approximate surface area is 162 Å². The first-order chi connectivity index (χ1) is 12.6. The van der Waals surface area contributed by atoms with Crippen molar-refractivity contribution >= 4 is 45.4 Å². The minimum atomic E-state index is -0.585. The molecule has 3 aromatic rings. The molecule has 0 saturated carbocycles. The average molecular weight is 464 g/mol. The Morgan fingerprint density at radius 2 is 1.92 bits per heavy atom. The average Bonchev–Trinajstić information content (AvgIpc) is 2.66. The second-order valence-corrected chi connectivity index (χ2v) is 6.59. The van der Waals surface area contributed by atoms with Crippen molar-refractivity contribution in [1.82, 2.24) is 10.3 Å². The fourth-order valence-electron chi connectivity index (χ4n) is 2.42. The number of rotatable bonds is 5. The van der Waals surface area contributed by atoms with Crippen LogP contribution in [0.1, 0.15) is 15.9 Å². The fourth-order valence-corrected chi connectivity index (χ4v) is 3.05. The van der Waals surface area contributed by atoms with Gasteiger partial charge in [-0.25, -0.2) is 4.39 Å². The smallest absolute Gasteiger partial charge is 0.325 e. The highest BCUT2D eigenvalue weighted by atomic mass is 127. The number of fused-ring (bicyclic) bond motifs is 1. The standard InChI is InChI=1S/C19H14FIN2O3/c20-15-8-7-12(18-13(15)5-3-9-22-18)11-26-17(24)10-23-19(25)14-4-1-2-6-16(14)21/h1-9H,10-11H2,(H,23,25). The van der Waals surface area contributed by atoms with E-state index in [1.165, 1.54) is 12.1 Å². The fraction of sp³-hybridized carbons (Fsp3) is 0.105. The molecule has 5 nitrogen and oxygen atoms in total. The highest BCUT2D eigenvalue weighted by molar-refractivity contribution is 14.1. The molecule has 2 aromatic carbocycles. The van der Waals surface area contributed by atoms with Gasteiger partial charge in [0.25, 0.3) is 5.91 Å². The Balaban J connectivity index is 1.59. The minimum absolute atomic E-state index is 0.0502. The molecule has 0 saturated heterocycles. The molecule has 1 N–H and O–H groups in total. The van der Waals surface area contributed by atoms with Gasteiger partial charge >= 0.3 is 5.97 Å². The number of aromatic nitrogens is 1. The zero-order valence-corrected chi connectivity index (χ0v) is 15.7.